The summed E-state index contributed by atoms with van der Waals surface area (Å²) in [6, 6.07) is 9.52. The van der Waals surface area contributed by atoms with E-state index in [1.165, 1.54) is 12.5 Å². The Hall–Kier alpha value is -2.39. The van der Waals surface area contributed by atoms with Crippen molar-refractivity contribution in [3.8, 4) is 11.3 Å². The monoisotopic (exact) mass is 197 g/mol. The van der Waals surface area contributed by atoms with Gasteiger partial charge in [0.1, 0.15) is 6.33 Å². The van der Waals surface area contributed by atoms with Gasteiger partial charge in [0.25, 0.3) is 0 Å². The lowest BCUT2D eigenvalue weighted by Crippen LogP contribution is -1.84. The highest BCUT2D eigenvalue weighted by molar-refractivity contribution is 5.70. The highest BCUT2D eigenvalue weighted by Gasteiger charge is 2.03. The van der Waals surface area contributed by atoms with Crippen LogP contribution in [0.4, 0.5) is 5.69 Å². The molecule has 1 heterocycles. The van der Waals surface area contributed by atoms with Crippen LogP contribution in [0.25, 0.3) is 21.7 Å². The third-order valence-electron chi connectivity index (χ3n) is 1.89. The summed E-state index contributed by atoms with van der Waals surface area (Å²) in [5, 5.41) is 3.54. The van der Waals surface area contributed by atoms with E-state index in [0.29, 0.717) is 11.4 Å². The largest absolute Gasteiger partial charge is 0.244 e. The fourth-order valence-electron chi connectivity index (χ4n) is 1.26. The van der Waals surface area contributed by atoms with Crippen molar-refractivity contribution in [3.05, 3.63) is 53.3 Å². The van der Waals surface area contributed by atoms with Gasteiger partial charge >= 0.3 is 0 Å². The van der Waals surface area contributed by atoms with Crippen LogP contribution in [-0.4, -0.2) is 9.97 Å². The summed E-state index contributed by atoms with van der Waals surface area (Å²) in [7, 11) is 0. The molecule has 1 aromatic heterocycles. The average Bonchev–Trinajstić information content (AvgIpc) is 2.31. The van der Waals surface area contributed by atoms with Crippen molar-refractivity contribution in [1.29, 1.82) is 0 Å². The molecule has 0 N–H and O–H groups in total. The summed E-state index contributed by atoms with van der Waals surface area (Å²) in [6.45, 7) is 0. The van der Waals surface area contributed by atoms with Crippen molar-refractivity contribution in [1.82, 2.24) is 9.97 Å². The SMILES string of the molecule is [N-]=[N+]=Nc1cncnc1-c1ccccc1. The van der Waals surface area contributed by atoms with E-state index in [4.69, 9.17) is 5.53 Å². The quantitative estimate of drug-likeness (QED) is 0.421. The molecule has 0 fully saturated rings. The molecule has 0 unspecified atom stereocenters. The molecule has 15 heavy (non-hydrogen) atoms. The van der Waals surface area contributed by atoms with E-state index in [9.17, 15) is 0 Å². The molecule has 0 saturated heterocycles. The van der Waals surface area contributed by atoms with Gasteiger partial charge in [-0.25, -0.2) is 9.97 Å². The van der Waals surface area contributed by atoms with Gasteiger partial charge in [-0.3, -0.25) is 0 Å². The van der Waals surface area contributed by atoms with Crippen LogP contribution in [0.15, 0.2) is 48.0 Å². The van der Waals surface area contributed by atoms with Crippen LogP contribution in [0.2, 0.25) is 0 Å². The molecule has 0 saturated carbocycles. The minimum absolute atomic E-state index is 0.436. The van der Waals surface area contributed by atoms with Gasteiger partial charge in [0.05, 0.1) is 11.4 Å². The molecule has 2 rings (SSSR count). The van der Waals surface area contributed by atoms with Gasteiger partial charge in [-0.2, -0.15) is 0 Å². The van der Waals surface area contributed by atoms with Gasteiger partial charge < -0.3 is 0 Å². The molecule has 5 heteroatoms. The third-order valence-corrected chi connectivity index (χ3v) is 1.89. The first-order chi connectivity index (χ1) is 7.42. The smallest absolute Gasteiger partial charge is 0.116 e. The van der Waals surface area contributed by atoms with E-state index < -0.39 is 0 Å². The van der Waals surface area contributed by atoms with Crippen molar-refractivity contribution < 1.29 is 0 Å². The lowest BCUT2D eigenvalue weighted by Gasteiger charge is -2.01. The number of nitrogens with zero attached hydrogens (tertiary/aromatic N) is 5. The van der Waals surface area contributed by atoms with Gasteiger partial charge in [-0.05, 0) is 5.53 Å². The van der Waals surface area contributed by atoms with E-state index in [0.717, 1.165) is 5.56 Å². The van der Waals surface area contributed by atoms with Gasteiger partial charge in [-0.1, -0.05) is 35.4 Å². The lowest BCUT2D eigenvalue weighted by atomic mass is 10.1. The fraction of sp³-hybridized carbons (Fsp3) is 0. The molecule has 0 radical (unpaired) electrons. The number of hydrogen-bond acceptors (Lipinski definition) is 3. The van der Waals surface area contributed by atoms with Crippen LogP contribution >= 0.6 is 0 Å². The second-order valence-corrected chi connectivity index (χ2v) is 2.81. The molecule has 1 aromatic carbocycles. The van der Waals surface area contributed by atoms with E-state index in [1.807, 2.05) is 30.3 Å². The Morgan fingerprint density at radius 3 is 2.73 bits per heavy atom. The third kappa shape index (κ3) is 1.92. The van der Waals surface area contributed by atoms with E-state index in [1.54, 1.807) is 0 Å². The van der Waals surface area contributed by atoms with E-state index in [2.05, 4.69) is 20.0 Å². The van der Waals surface area contributed by atoms with Crippen LogP contribution in [-0.2, 0) is 0 Å². The highest BCUT2D eigenvalue weighted by atomic mass is 15.1. The number of benzene rings is 1. The summed E-state index contributed by atoms with van der Waals surface area (Å²) in [5.41, 5.74) is 10.4. The Morgan fingerprint density at radius 1 is 1.20 bits per heavy atom. The number of aromatic nitrogens is 2. The van der Waals surface area contributed by atoms with Crippen molar-refractivity contribution in [2.75, 3.05) is 0 Å². The van der Waals surface area contributed by atoms with Gasteiger partial charge in [0.2, 0.25) is 0 Å². The van der Waals surface area contributed by atoms with Crippen LogP contribution in [0.3, 0.4) is 0 Å². The average molecular weight is 197 g/mol. The summed E-state index contributed by atoms with van der Waals surface area (Å²) in [5.74, 6) is 0. The van der Waals surface area contributed by atoms with Crippen molar-refractivity contribution >= 4 is 5.69 Å². The Kier molecular flexibility index (Phi) is 2.58. The van der Waals surface area contributed by atoms with E-state index >= 15 is 0 Å². The molecule has 5 nitrogen and oxygen atoms in total. The summed E-state index contributed by atoms with van der Waals surface area (Å²) in [4.78, 5) is 10.6. The minimum Gasteiger partial charge on any atom is -0.244 e. The molecule has 72 valence electrons. The Morgan fingerprint density at radius 2 is 2.00 bits per heavy atom. The van der Waals surface area contributed by atoms with Crippen molar-refractivity contribution in [2.45, 2.75) is 0 Å². The molecule has 0 aliphatic rings. The number of hydrogen-bond donors (Lipinski definition) is 0. The predicted octanol–water partition coefficient (Wildman–Crippen LogP) is 3.09. The van der Waals surface area contributed by atoms with E-state index in [-0.39, 0.29) is 0 Å². The highest BCUT2D eigenvalue weighted by Crippen LogP contribution is 2.26. The van der Waals surface area contributed by atoms with Gasteiger partial charge in [0, 0.05) is 16.7 Å². The van der Waals surface area contributed by atoms with Crippen LogP contribution < -0.4 is 0 Å². The van der Waals surface area contributed by atoms with Crippen molar-refractivity contribution in [2.24, 2.45) is 5.11 Å². The van der Waals surface area contributed by atoms with Crippen LogP contribution in [0.1, 0.15) is 0 Å². The zero-order valence-corrected chi connectivity index (χ0v) is 7.78. The molecule has 0 bridgehead atoms. The standard InChI is InChI=1S/C10H7N5/c11-15-14-9-6-12-7-13-10(9)8-4-2-1-3-5-8/h1-7H. The zero-order chi connectivity index (χ0) is 10.5. The first-order valence-electron chi connectivity index (χ1n) is 4.32. The maximum atomic E-state index is 8.39. The molecule has 0 atom stereocenters. The fourth-order valence-corrected chi connectivity index (χ4v) is 1.26. The molecular formula is C10H7N5. The first kappa shape index (κ1) is 9.18. The summed E-state index contributed by atoms with van der Waals surface area (Å²) in [6.07, 6.45) is 2.92. The normalized spacial score (nSPS) is 9.33. The minimum atomic E-state index is 0.436. The topological polar surface area (TPSA) is 74.5 Å². The molecule has 2 aromatic rings. The summed E-state index contributed by atoms with van der Waals surface area (Å²) < 4.78 is 0. The first-order valence-corrected chi connectivity index (χ1v) is 4.32. The van der Waals surface area contributed by atoms with Crippen LogP contribution in [0, 0.1) is 0 Å². The predicted molar refractivity (Wildman–Crippen MR) is 56.3 cm³/mol. The Balaban J connectivity index is 2.58. The molecule has 0 amide bonds. The molecular weight excluding hydrogens is 190 g/mol. The second kappa shape index (κ2) is 4.21. The Labute approximate surface area is 86.1 Å². The van der Waals surface area contributed by atoms with Gasteiger partial charge in [-0.15, -0.1) is 0 Å². The molecule has 0 spiro atoms. The molecule has 0 aliphatic carbocycles. The maximum absolute atomic E-state index is 8.39. The van der Waals surface area contributed by atoms with Crippen molar-refractivity contribution in [3.63, 3.8) is 0 Å². The maximum Gasteiger partial charge on any atom is 0.116 e. The summed E-state index contributed by atoms with van der Waals surface area (Å²) >= 11 is 0. The van der Waals surface area contributed by atoms with Gasteiger partial charge in [0.15, 0.2) is 0 Å². The molecule has 0 aliphatic heterocycles. The Bertz CT molecular complexity index is 502. The van der Waals surface area contributed by atoms with Crippen LogP contribution in [0.5, 0.6) is 0 Å². The number of rotatable bonds is 2. The zero-order valence-electron chi connectivity index (χ0n) is 7.78. The second-order valence-electron chi connectivity index (χ2n) is 2.81. The lowest BCUT2D eigenvalue weighted by molar-refractivity contribution is 1.16. The number of azide groups is 1.